The molecule has 1 heterocycles. The molecule has 0 saturated heterocycles. The molecule has 0 aromatic carbocycles. The maximum Gasteiger partial charge on any atom is 0.243 e. The molecule has 5 nitrogen and oxygen atoms in total. The highest BCUT2D eigenvalue weighted by atomic mass is 79.9. The molecule has 1 aromatic rings. The molecule has 0 amide bonds. The maximum absolute atomic E-state index is 11.7. The Morgan fingerprint density at radius 1 is 1.60 bits per heavy atom. The van der Waals surface area contributed by atoms with Gasteiger partial charge in [-0.05, 0) is 13.3 Å². The summed E-state index contributed by atoms with van der Waals surface area (Å²) in [5, 5.41) is 6.07. The minimum Gasteiger partial charge on any atom is -0.284 e. The zero-order valence-corrected chi connectivity index (χ0v) is 11.0. The third kappa shape index (κ3) is 3.92. The van der Waals surface area contributed by atoms with Crippen LogP contribution in [-0.2, 0) is 10.0 Å². The second kappa shape index (κ2) is 5.09. The van der Waals surface area contributed by atoms with Crippen LogP contribution in [0.4, 0.5) is 0 Å². The van der Waals surface area contributed by atoms with Crippen molar-refractivity contribution in [3.05, 3.63) is 12.4 Å². The number of aromatic amines is 1. The molecule has 0 aliphatic heterocycles. The van der Waals surface area contributed by atoms with Gasteiger partial charge in [-0.2, -0.15) is 5.10 Å². The largest absolute Gasteiger partial charge is 0.284 e. The van der Waals surface area contributed by atoms with Crippen LogP contribution in [0.5, 0.6) is 0 Å². The molecule has 0 saturated carbocycles. The summed E-state index contributed by atoms with van der Waals surface area (Å²) >= 11 is 3.38. The van der Waals surface area contributed by atoms with Crippen LogP contribution >= 0.6 is 15.9 Å². The lowest BCUT2D eigenvalue weighted by atomic mass is 10.2. The van der Waals surface area contributed by atoms with Crippen LogP contribution in [0, 0.1) is 0 Å². The fraction of sp³-hybridized carbons (Fsp3) is 0.625. The van der Waals surface area contributed by atoms with E-state index in [4.69, 9.17) is 0 Å². The van der Waals surface area contributed by atoms with E-state index in [1.807, 2.05) is 13.8 Å². The highest BCUT2D eigenvalue weighted by Crippen LogP contribution is 2.10. The molecular weight excluding hydrogens is 282 g/mol. The Morgan fingerprint density at radius 2 is 2.27 bits per heavy atom. The standard InChI is InChI=1S/C8H14BrN3O2S/c1-6(9)3-7(2)12-15(13,14)8-4-10-11-5-8/h4-7,12H,3H2,1-2H3,(H,10,11). The predicted octanol–water partition coefficient (Wildman–Crippen LogP) is 1.25. The van der Waals surface area contributed by atoms with E-state index >= 15 is 0 Å². The van der Waals surface area contributed by atoms with Gasteiger partial charge in [0.1, 0.15) is 4.90 Å². The second-order valence-corrected chi connectivity index (χ2v) is 6.75. The first-order valence-corrected chi connectivity index (χ1v) is 6.97. The van der Waals surface area contributed by atoms with Crippen molar-refractivity contribution in [1.82, 2.24) is 14.9 Å². The van der Waals surface area contributed by atoms with E-state index in [1.165, 1.54) is 12.4 Å². The zero-order valence-electron chi connectivity index (χ0n) is 8.57. The number of hydrogen-bond acceptors (Lipinski definition) is 3. The number of rotatable bonds is 5. The van der Waals surface area contributed by atoms with E-state index in [0.29, 0.717) is 0 Å². The monoisotopic (exact) mass is 295 g/mol. The molecule has 15 heavy (non-hydrogen) atoms. The Morgan fingerprint density at radius 3 is 2.73 bits per heavy atom. The van der Waals surface area contributed by atoms with Gasteiger partial charge >= 0.3 is 0 Å². The topological polar surface area (TPSA) is 74.8 Å². The third-order valence-corrected chi connectivity index (χ3v) is 3.75. The summed E-state index contributed by atoms with van der Waals surface area (Å²) in [6, 6.07) is -0.112. The molecule has 0 bridgehead atoms. The summed E-state index contributed by atoms with van der Waals surface area (Å²) in [4.78, 5) is 0.441. The van der Waals surface area contributed by atoms with Gasteiger partial charge in [-0.3, -0.25) is 5.10 Å². The molecule has 2 unspecified atom stereocenters. The predicted molar refractivity (Wildman–Crippen MR) is 61.4 cm³/mol. The van der Waals surface area contributed by atoms with Crippen LogP contribution in [0.3, 0.4) is 0 Å². The van der Waals surface area contributed by atoms with E-state index in [0.717, 1.165) is 6.42 Å². The molecule has 0 fully saturated rings. The second-order valence-electron chi connectivity index (χ2n) is 3.47. The van der Waals surface area contributed by atoms with Gasteiger partial charge in [0, 0.05) is 17.1 Å². The van der Waals surface area contributed by atoms with Crippen molar-refractivity contribution >= 4 is 26.0 Å². The molecule has 0 aliphatic carbocycles. The molecule has 7 heteroatoms. The van der Waals surface area contributed by atoms with Crippen molar-refractivity contribution < 1.29 is 8.42 Å². The first kappa shape index (κ1) is 12.7. The fourth-order valence-corrected chi connectivity index (χ4v) is 2.98. The van der Waals surface area contributed by atoms with E-state index < -0.39 is 10.0 Å². The Labute approximate surface area is 97.8 Å². The number of nitrogens with one attached hydrogen (secondary N) is 2. The molecule has 1 rings (SSSR count). The first-order valence-electron chi connectivity index (χ1n) is 4.57. The number of halogens is 1. The van der Waals surface area contributed by atoms with Crippen molar-refractivity contribution in [2.24, 2.45) is 0 Å². The lowest BCUT2D eigenvalue weighted by molar-refractivity contribution is 0.548. The number of alkyl halides is 1. The van der Waals surface area contributed by atoms with Gasteiger partial charge in [0.2, 0.25) is 10.0 Å². The van der Waals surface area contributed by atoms with Crippen LogP contribution in [0.15, 0.2) is 17.3 Å². The molecule has 1 aromatic heterocycles. The zero-order chi connectivity index (χ0) is 11.5. The van der Waals surface area contributed by atoms with Crippen molar-refractivity contribution in [3.8, 4) is 0 Å². The molecule has 0 spiro atoms. The maximum atomic E-state index is 11.7. The van der Waals surface area contributed by atoms with Gasteiger partial charge in [-0.25, -0.2) is 13.1 Å². The Bertz CT molecular complexity index is 388. The number of nitrogens with zero attached hydrogens (tertiary/aromatic N) is 1. The molecule has 0 radical (unpaired) electrons. The Balaban J connectivity index is 2.66. The number of aromatic nitrogens is 2. The third-order valence-electron chi connectivity index (χ3n) is 1.82. The average molecular weight is 296 g/mol. The highest BCUT2D eigenvalue weighted by molar-refractivity contribution is 9.09. The van der Waals surface area contributed by atoms with E-state index in [1.54, 1.807) is 0 Å². The van der Waals surface area contributed by atoms with E-state index in [9.17, 15) is 8.42 Å². The Hall–Kier alpha value is -0.400. The summed E-state index contributed by atoms with van der Waals surface area (Å²) in [6.45, 7) is 3.80. The number of H-pyrrole nitrogens is 1. The molecule has 2 N–H and O–H groups in total. The van der Waals surface area contributed by atoms with Crippen molar-refractivity contribution in [1.29, 1.82) is 0 Å². The van der Waals surface area contributed by atoms with Crippen LogP contribution in [-0.4, -0.2) is 29.5 Å². The smallest absolute Gasteiger partial charge is 0.243 e. The molecule has 86 valence electrons. The summed E-state index contributed by atoms with van der Waals surface area (Å²) < 4.78 is 26.0. The van der Waals surface area contributed by atoms with E-state index in [2.05, 4.69) is 30.8 Å². The van der Waals surface area contributed by atoms with Gasteiger partial charge in [0.05, 0.1) is 6.20 Å². The van der Waals surface area contributed by atoms with Crippen LogP contribution in [0.1, 0.15) is 20.3 Å². The minimum absolute atomic E-state index is 0.112. The van der Waals surface area contributed by atoms with Gasteiger partial charge < -0.3 is 0 Å². The minimum atomic E-state index is -3.43. The molecule has 0 aliphatic rings. The van der Waals surface area contributed by atoms with Crippen molar-refractivity contribution in [2.45, 2.75) is 36.0 Å². The highest BCUT2D eigenvalue weighted by Gasteiger charge is 2.18. The summed E-state index contributed by atoms with van der Waals surface area (Å²) in [7, 11) is -3.43. The van der Waals surface area contributed by atoms with Gasteiger partial charge in [0.25, 0.3) is 0 Å². The van der Waals surface area contributed by atoms with Gasteiger partial charge in [-0.15, -0.1) is 0 Å². The number of sulfonamides is 1. The normalized spacial score (nSPS) is 16.2. The van der Waals surface area contributed by atoms with Gasteiger partial charge in [0.15, 0.2) is 0 Å². The quantitative estimate of drug-likeness (QED) is 0.803. The van der Waals surface area contributed by atoms with Crippen LogP contribution in [0.2, 0.25) is 0 Å². The van der Waals surface area contributed by atoms with Crippen molar-refractivity contribution in [2.75, 3.05) is 0 Å². The average Bonchev–Trinajstić information content (AvgIpc) is 2.51. The number of hydrogen-bond donors (Lipinski definition) is 2. The van der Waals surface area contributed by atoms with Crippen molar-refractivity contribution in [3.63, 3.8) is 0 Å². The summed E-state index contributed by atoms with van der Waals surface area (Å²) in [5.74, 6) is 0. The fourth-order valence-electron chi connectivity index (χ4n) is 1.25. The lowest BCUT2D eigenvalue weighted by Gasteiger charge is -2.14. The first-order chi connectivity index (χ1) is 6.92. The molecule has 2 atom stereocenters. The Kier molecular flexibility index (Phi) is 4.30. The SMILES string of the molecule is CC(Br)CC(C)NS(=O)(=O)c1cn[nH]c1. The van der Waals surface area contributed by atoms with Crippen LogP contribution < -0.4 is 4.72 Å². The summed E-state index contributed by atoms with van der Waals surface area (Å²) in [6.07, 6.45) is 3.37. The van der Waals surface area contributed by atoms with Crippen LogP contribution in [0.25, 0.3) is 0 Å². The van der Waals surface area contributed by atoms with Gasteiger partial charge in [-0.1, -0.05) is 22.9 Å². The summed E-state index contributed by atoms with van der Waals surface area (Å²) in [5.41, 5.74) is 0. The molecular formula is C8H14BrN3O2S. The lowest BCUT2D eigenvalue weighted by Crippen LogP contribution is -2.33. The van der Waals surface area contributed by atoms with E-state index in [-0.39, 0.29) is 15.8 Å².